The molecule has 14 nitrogen and oxygen atoms in total. The van der Waals surface area contributed by atoms with Crippen LogP contribution in [0.25, 0.3) is 10.9 Å². The quantitative estimate of drug-likeness (QED) is 0.0899. The first kappa shape index (κ1) is 31.8. The van der Waals surface area contributed by atoms with E-state index in [0.29, 0.717) is 58.0 Å². The molecule has 15 heteroatoms. The smallest absolute Gasteiger partial charge is 0.369 e. The number of pyridine rings is 2. The number of nitriles is 1. The van der Waals surface area contributed by atoms with Crippen LogP contribution in [0.3, 0.4) is 0 Å². The Kier molecular flexibility index (Phi) is 9.70. The standard InChI is InChI=1S/C31H27BrN10O4/c1-42(2,17-20-12-23(15-33)39-31(20)41(44)45)11-5-7-29(43)40-28-14-24-26(16-35-28)36-19-37-30(24)38-21-8-9-27(25(32)13-21)46-18-22-6-3-4-10-34-22/h3-10,13-14,16,19H,11-12,17-18H2,1-2H3,(H-,35,36,37,38,40,43)/p+1/b7-5+. The number of amides is 1. The number of nitro groups is 1. The lowest BCUT2D eigenvalue weighted by Gasteiger charge is -2.28. The molecule has 0 radical (unpaired) electrons. The predicted octanol–water partition coefficient (Wildman–Crippen LogP) is 4.93. The van der Waals surface area contributed by atoms with E-state index >= 15 is 0 Å². The Balaban J connectivity index is 1.21. The van der Waals surface area contributed by atoms with Gasteiger partial charge in [-0.1, -0.05) is 6.07 Å². The third-order valence-electron chi connectivity index (χ3n) is 6.80. The third kappa shape index (κ3) is 8.11. The first-order valence-electron chi connectivity index (χ1n) is 13.9. The highest BCUT2D eigenvalue weighted by Crippen LogP contribution is 2.31. The lowest BCUT2D eigenvalue weighted by atomic mass is 10.1. The van der Waals surface area contributed by atoms with Crippen LogP contribution in [0.2, 0.25) is 0 Å². The Morgan fingerprint density at radius 1 is 1.20 bits per heavy atom. The van der Waals surface area contributed by atoms with Crippen LogP contribution in [-0.4, -0.2) is 68.1 Å². The average molecular weight is 685 g/mol. The van der Waals surface area contributed by atoms with Gasteiger partial charge in [0.25, 0.3) is 0 Å². The van der Waals surface area contributed by atoms with Crippen LogP contribution in [0, 0.1) is 21.4 Å². The zero-order valence-corrected chi connectivity index (χ0v) is 26.4. The van der Waals surface area contributed by atoms with Crippen molar-refractivity contribution in [3.05, 3.63) is 105 Å². The van der Waals surface area contributed by atoms with Crippen LogP contribution < -0.4 is 15.4 Å². The van der Waals surface area contributed by atoms with Gasteiger partial charge in [0.05, 0.1) is 54.5 Å². The Labute approximate surface area is 272 Å². The molecule has 5 rings (SSSR count). The first-order valence-corrected chi connectivity index (χ1v) is 14.7. The second-order valence-corrected chi connectivity index (χ2v) is 11.7. The number of aromatic nitrogens is 4. The zero-order chi connectivity index (χ0) is 32.7. The van der Waals surface area contributed by atoms with Gasteiger partial charge in [-0.15, -0.1) is 0 Å². The van der Waals surface area contributed by atoms with Crippen molar-refractivity contribution >= 4 is 55.8 Å². The molecule has 0 aliphatic carbocycles. The first-order chi connectivity index (χ1) is 22.1. The molecule has 0 saturated heterocycles. The highest BCUT2D eigenvalue weighted by molar-refractivity contribution is 9.10. The third-order valence-corrected chi connectivity index (χ3v) is 7.42. The molecule has 0 spiro atoms. The summed E-state index contributed by atoms with van der Waals surface area (Å²) < 4.78 is 6.95. The highest BCUT2D eigenvalue weighted by Gasteiger charge is 2.33. The maximum atomic E-state index is 12.7. The molecule has 0 saturated carbocycles. The molecule has 3 aromatic heterocycles. The number of hydrogen-bond donors (Lipinski definition) is 2. The van der Waals surface area contributed by atoms with Crippen molar-refractivity contribution in [3.8, 4) is 11.8 Å². The summed E-state index contributed by atoms with van der Waals surface area (Å²) in [6.45, 7) is 1.04. The van der Waals surface area contributed by atoms with Crippen molar-refractivity contribution in [3.63, 3.8) is 0 Å². The van der Waals surface area contributed by atoms with Gasteiger partial charge in [0.2, 0.25) is 11.6 Å². The van der Waals surface area contributed by atoms with E-state index in [1.807, 2.05) is 56.6 Å². The molecule has 0 bridgehead atoms. The number of fused-ring (bicyclic) bond motifs is 1. The second kappa shape index (κ2) is 14.0. The number of benzene rings is 1. The number of hydrogen-bond acceptors (Lipinski definition) is 11. The summed E-state index contributed by atoms with van der Waals surface area (Å²) in [6, 6.07) is 14.8. The van der Waals surface area contributed by atoms with Gasteiger partial charge in [-0.25, -0.2) is 15.0 Å². The van der Waals surface area contributed by atoms with Gasteiger partial charge in [0, 0.05) is 23.3 Å². The van der Waals surface area contributed by atoms with Crippen LogP contribution in [-0.2, 0) is 11.4 Å². The van der Waals surface area contributed by atoms with Crippen LogP contribution in [0.4, 0.5) is 17.3 Å². The lowest BCUT2D eigenvalue weighted by Crippen LogP contribution is -2.41. The number of anilines is 3. The molecule has 232 valence electrons. The van der Waals surface area contributed by atoms with Crippen molar-refractivity contribution in [2.75, 3.05) is 37.8 Å². The molecular weight excluding hydrogens is 656 g/mol. The summed E-state index contributed by atoms with van der Waals surface area (Å²) >= 11 is 3.56. The van der Waals surface area contributed by atoms with Crippen molar-refractivity contribution in [1.82, 2.24) is 19.9 Å². The fourth-order valence-corrected chi connectivity index (χ4v) is 5.17. The van der Waals surface area contributed by atoms with E-state index in [4.69, 9.17) is 10.00 Å². The monoisotopic (exact) mass is 683 g/mol. The Morgan fingerprint density at radius 2 is 2.04 bits per heavy atom. The molecule has 1 aliphatic heterocycles. The minimum Gasteiger partial charge on any atom is -0.486 e. The van der Waals surface area contributed by atoms with Gasteiger partial charge >= 0.3 is 5.82 Å². The van der Waals surface area contributed by atoms with Crippen LogP contribution in [0.5, 0.6) is 5.75 Å². The van der Waals surface area contributed by atoms with Gasteiger partial charge in [-0.3, -0.25) is 9.78 Å². The Morgan fingerprint density at radius 3 is 2.78 bits per heavy atom. The highest BCUT2D eigenvalue weighted by atomic mass is 79.9. The number of rotatable bonds is 12. The molecule has 0 fully saturated rings. The average Bonchev–Trinajstić information content (AvgIpc) is 3.44. The van der Waals surface area contributed by atoms with E-state index in [2.05, 4.69) is 51.5 Å². The van der Waals surface area contributed by atoms with Crippen molar-refractivity contribution in [1.29, 1.82) is 5.26 Å². The SMILES string of the molecule is C[N+](C)(C/C=C/C(=O)Nc1cc2c(Nc3ccc(OCc4ccccn4)c(Br)c3)ncnc2cn1)CC1=C([N+](=O)[O-])N=C(C#N)C1. The van der Waals surface area contributed by atoms with Gasteiger partial charge in [0.1, 0.15) is 42.9 Å². The van der Waals surface area contributed by atoms with Gasteiger partial charge in [-0.2, -0.15) is 5.26 Å². The minimum absolute atomic E-state index is 0.121. The van der Waals surface area contributed by atoms with E-state index in [1.165, 1.54) is 12.4 Å². The van der Waals surface area contributed by atoms with Crippen molar-refractivity contribution in [2.45, 2.75) is 13.0 Å². The summed E-state index contributed by atoms with van der Waals surface area (Å²) in [5.74, 6) is 0.809. The molecular formula is C31H28BrN10O4+. The topological polar surface area (TPSA) is 181 Å². The van der Waals surface area contributed by atoms with Gasteiger partial charge in [0.15, 0.2) is 0 Å². The molecule has 4 heterocycles. The summed E-state index contributed by atoms with van der Waals surface area (Å²) in [6.07, 6.45) is 7.91. The summed E-state index contributed by atoms with van der Waals surface area (Å²) in [7, 11) is 3.75. The molecule has 46 heavy (non-hydrogen) atoms. The number of halogens is 1. The number of nitrogens with zero attached hydrogens (tertiary/aromatic N) is 8. The number of quaternary nitrogens is 1. The number of nitrogens with one attached hydrogen (secondary N) is 2. The van der Waals surface area contributed by atoms with E-state index in [0.717, 1.165) is 15.9 Å². The molecule has 1 aliphatic rings. The number of aliphatic imine (C=N–C) groups is 1. The Bertz CT molecular complexity index is 1940. The van der Waals surface area contributed by atoms with E-state index in [9.17, 15) is 14.9 Å². The van der Waals surface area contributed by atoms with Crippen molar-refractivity contribution < 1.29 is 18.9 Å². The molecule has 1 aromatic carbocycles. The summed E-state index contributed by atoms with van der Waals surface area (Å²) in [4.78, 5) is 44.6. The number of carbonyl (C=O) groups is 1. The zero-order valence-electron chi connectivity index (χ0n) is 24.8. The van der Waals surface area contributed by atoms with E-state index in [1.54, 1.807) is 24.5 Å². The number of carbonyl (C=O) groups excluding carboxylic acids is 1. The minimum atomic E-state index is -0.568. The predicted molar refractivity (Wildman–Crippen MR) is 175 cm³/mol. The molecule has 2 N–H and O–H groups in total. The fourth-order valence-electron chi connectivity index (χ4n) is 4.68. The van der Waals surface area contributed by atoms with Crippen LogP contribution in [0.1, 0.15) is 12.1 Å². The molecule has 4 aromatic rings. The maximum Gasteiger partial charge on any atom is 0.369 e. The lowest BCUT2D eigenvalue weighted by molar-refractivity contribution is -0.880. The normalized spacial score (nSPS) is 13.0. The van der Waals surface area contributed by atoms with E-state index in [-0.39, 0.29) is 18.0 Å². The van der Waals surface area contributed by atoms with Gasteiger partial charge < -0.3 is 30.0 Å². The Hall–Kier alpha value is -5.59. The maximum absolute atomic E-state index is 12.7. The molecule has 1 amide bonds. The summed E-state index contributed by atoms with van der Waals surface area (Å²) in [5.41, 5.74) is 2.75. The van der Waals surface area contributed by atoms with Crippen LogP contribution in [0.15, 0.2) is 94.2 Å². The molecule has 0 unspecified atom stereocenters. The number of ether oxygens (including phenoxy) is 1. The largest absolute Gasteiger partial charge is 0.486 e. The fraction of sp³-hybridized carbons (Fsp3) is 0.194. The molecule has 0 atom stereocenters. The number of likely N-dealkylation sites (N-methyl/N-ethyl adjacent to an activating group) is 1. The van der Waals surface area contributed by atoms with Gasteiger partial charge in [-0.05, 0) is 68.3 Å². The van der Waals surface area contributed by atoms with Crippen molar-refractivity contribution in [2.24, 2.45) is 4.99 Å². The van der Waals surface area contributed by atoms with Crippen LogP contribution >= 0.6 is 15.9 Å². The summed E-state index contributed by atoms with van der Waals surface area (Å²) in [5, 5.41) is 27.1. The second-order valence-electron chi connectivity index (χ2n) is 10.9. The van der Waals surface area contributed by atoms with E-state index < -0.39 is 10.8 Å².